The average molecular weight is 242 g/mol. The molecule has 0 unspecified atom stereocenters. The summed E-state index contributed by atoms with van der Waals surface area (Å²) < 4.78 is 0. The van der Waals surface area contributed by atoms with Gasteiger partial charge in [0.25, 0.3) is 0 Å². The van der Waals surface area contributed by atoms with Crippen molar-refractivity contribution in [3.8, 4) is 0 Å². The summed E-state index contributed by atoms with van der Waals surface area (Å²) in [5.74, 6) is 0.785. The first kappa shape index (κ1) is 14.2. The van der Waals surface area contributed by atoms with E-state index in [1.807, 2.05) is 30.3 Å². The zero-order chi connectivity index (χ0) is 10.2. The Morgan fingerprint density at radius 3 is 1.87 bits per heavy atom. The van der Waals surface area contributed by atoms with Crippen molar-refractivity contribution in [3.63, 3.8) is 0 Å². The van der Waals surface area contributed by atoms with E-state index in [1.54, 1.807) is 0 Å². The molecule has 15 heavy (non-hydrogen) atoms. The van der Waals surface area contributed by atoms with Gasteiger partial charge in [0, 0.05) is 0 Å². The van der Waals surface area contributed by atoms with Crippen molar-refractivity contribution in [2.24, 2.45) is 5.92 Å². The summed E-state index contributed by atoms with van der Waals surface area (Å²) in [5, 5.41) is 0. The van der Waals surface area contributed by atoms with E-state index in [0.29, 0.717) is 0 Å². The van der Waals surface area contributed by atoms with Crippen LogP contribution in [0.4, 0.5) is 0 Å². The van der Waals surface area contributed by atoms with Crippen LogP contribution in [-0.4, -0.2) is 0 Å². The zero-order valence-corrected chi connectivity index (χ0v) is 10.4. The van der Waals surface area contributed by atoms with E-state index in [9.17, 15) is 0 Å². The minimum atomic E-state index is 0. The van der Waals surface area contributed by atoms with Crippen LogP contribution in [0.15, 0.2) is 54.6 Å². The van der Waals surface area contributed by atoms with E-state index < -0.39 is 0 Å². The molecule has 0 aliphatic rings. The van der Waals surface area contributed by atoms with E-state index in [0.717, 1.165) is 5.92 Å². The van der Waals surface area contributed by atoms with Gasteiger partial charge in [-0.05, 0) is 0 Å². The Morgan fingerprint density at radius 2 is 1.53 bits per heavy atom. The Kier molecular flexibility index (Phi) is 8.08. The molecule has 0 bridgehead atoms. The molecule has 0 N–H and O–H groups in total. The van der Waals surface area contributed by atoms with Crippen LogP contribution in [0.25, 0.3) is 0 Å². The second kappa shape index (κ2) is 8.52. The fourth-order valence-corrected chi connectivity index (χ4v) is 1.34. The van der Waals surface area contributed by atoms with Crippen LogP contribution < -0.4 is 0 Å². The first-order valence-electron chi connectivity index (χ1n) is 5.16. The summed E-state index contributed by atoms with van der Waals surface area (Å²) >= 11 is 0. The van der Waals surface area contributed by atoms with Gasteiger partial charge in [-0.1, -0.05) is 26.2 Å². The van der Waals surface area contributed by atoms with Crippen molar-refractivity contribution in [2.75, 3.05) is 0 Å². The van der Waals surface area contributed by atoms with Gasteiger partial charge < -0.3 is 0 Å². The third-order valence-corrected chi connectivity index (χ3v) is 1.93. The van der Waals surface area contributed by atoms with Gasteiger partial charge >= 0.3 is 17.1 Å². The van der Waals surface area contributed by atoms with Crippen LogP contribution in [0.5, 0.6) is 0 Å². The van der Waals surface area contributed by atoms with E-state index in [1.165, 1.54) is 12.0 Å². The van der Waals surface area contributed by atoms with Crippen LogP contribution in [0.3, 0.4) is 0 Å². The second-order valence-electron chi connectivity index (χ2n) is 3.85. The van der Waals surface area contributed by atoms with Crippen molar-refractivity contribution in [3.05, 3.63) is 60.2 Å². The number of hydrogen-bond acceptors (Lipinski definition) is 0. The minimum Gasteiger partial charge on any atom is -0.214 e. The normalized spacial score (nSPS) is 9.00. The van der Waals surface area contributed by atoms with Crippen LogP contribution in [0.2, 0.25) is 0 Å². The van der Waals surface area contributed by atoms with E-state index >= 15 is 0 Å². The Bertz CT molecular complexity index is 273. The van der Waals surface area contributed by atoms with Gasteiger partial charge in [0.2, 0.25) is 0 Å². The molecule has 2 rings (SSSR count). The molecule has 0 saturated heterocycles. The predicted molar refractivity (Wildman–Crippen MR) is 62.6 cm³/mol. The van der Waals surface area contributed by atoms with Crippen molar-refractivity contribution >= 4 is 0 Å². The summed E-state index contributed by atoms with van der Waals surface area (Å²) in [6.07, 6.45) is 1.22. The van der Waals surface area contributed by atoms with E-state index in [-0.39, 0.29) is 17.1 Å². The molecule has 2 aromatic carbocycles. The molecular weight excluding hydrogens is 224 g/mol. The molecule has 0 amide bonds. The summed E-state index contributed by atoms with van der Waals surface area (Å²) in [5.41, 5.74) is 1.46. The quantitative estimate of drug-likeness (QED) is 0.551. The van der Waals surface area contributed by atoms with Gasteiger partial charge in [0.15, 0.2) is 0 Å². The SMILES string of the molecule is CC(C)C[c-]1cccc1.[Fe+2].c1cc[cH-]c1. The molecule has 1 heteroatoms. The Hall–Kier alpha value is -0.781. The molecule has 0 aliphatic heterocycles. The fraction of sp³-hybridized carbons (Fsp3) is 0.286. The Balaban J connectivity index is 0.000000280. The predicted octanol–water partition coefficient (Wildman–Crippen LogP) is 4.01. The Labute approximate surface area is 104 Å². The molecule has 0 aliphatic carbocycles. The number of hydrogen-bond donors (Lipinski definition) is 0. The molecule has 0 fully saturated rings. The van der Waals surface area contributed by atoms with Gasteiger partial charge in [-0.3, -0.25) is 0 Å². The maximum atomic E-state index is 2.24. The summed E-state index contributed by atoms with van der Waals surface area (Å²) in [6.45, 7) is 4.49. The largest absolute Gasteiger partial charge is 2.00 e. The molecule has 0 spiro atoms. The Morgan fingerprint density at radius 1 is 1.00 bits per heavy atom. The maximum Gasteiger partial charge on any atom is 2.00 e. The molecular formula is C14H18Fe. The second-order valence-corrected chi connectivity index (χ2v) is 3.85. The molecule has 0 nitrogen and oxygen atoms in total. The van der Waals surface area contributed by atoms with Gasteiger partial charge in [0.1, 0.15) is 0 Å². The summed E-state index contributed by atoms with van der Waals surface area (Å²) in [7, 11) is 0. The molecule has 0 heterocycles. The van der Waals surface area contributed by atoms with Crippen LogP contribution in [0.1, 0.15) is 19.4 Å². The van der Waals surface area contributed by atoms with Crippen molar-refractivity contribution in [1.29, 1.82) is 0 Å². The molecule has 0 saturated carbocycles. The molecule has 0 aromatic heterocycles. The van der Waals surface area contributed by atoms with E-state index in [4.69, 9.17) is 0 Å². The minimum absolute atomic E-state index is 0. The van der Waals surface area contributed by atoms with Crippen LogP contribution >= 0.6 is 0 Å². The monoisotopic (exact) mass is 242 g/mol. The third kappa shape index (κ3) is 7.18. The average Bonchev–Trinajstić information content (AvgIpc) is 2.75. The third-order valence-electron chi connectivity index (χ3n) is 1.93. The van der Waals surface area contributed by atoms with Crippen molar-refractivity contribution in [2.45, 2.75) is 20.3 Å². The van der Waals surface area contributed by atoms with Crippen LogP contribution in [-0.2, 0) is 23.5 Å². The van der Waals surface area contributed by atoms with Crippen LogP contribution in [0, 0.1) is 5.92 Å². The van der Waals surface area contributed by atoms with Gasteiger partial charge in [-0.2, -0.15) is 35.9 Å². The van der Waals surface area contributed by atoms with Gasteiger partial charge in [-0.25, -0.2) is 24.3 Å². The van der Waals surface area contributed by atoms with Crippen molar-refractivity contribution < 1.29 is 17.1 Å². The first-order chi connectivity index (χ1) is 6.79. The van der Waals surface area contributed by atoms with Gasteiger partial charge in [-0.15, -0.1) is 0 Å². The summed E-state index contributed by atoms with van der Waals surface area (Å²) in [4.78, 5) is 0. The first-order valence-corrected chi connectivity index (χ1v) is 5.16. The molecule has 2 aromatic rings. The summed E-state index contributed by atoms with van der Waals surface area (Å²) in [6, 6.07) is 18.6. The topological polar surface area (TPSA) is 0 Å². The smallest absolute Gasteiger partial charge is 0.214 e. The van der Waals surface area contributed by atoms with Crippen molar-refractivity contribution in [1.82, 2.24) is 0 Å². The molecule has 0 atom stereocenters. The molecule has 0 radical (unpaired) electrons. The number of rotatable bonds is 2. The van der Waals surface area contributed by atoms with Gasteiger partial charge in [0.05, 0.1) is 0 Å². The van der Waals surface area contributed by atoms with E-state index in [2.05, 4.69) is 38.1 Å². The molecule has 82 valence electrons. The standard InChI is InChI=1S/C9H13.C5H5.Fe/c1-8(2)7-9-5-3-4-6-9;1-2-4-5-3-1;/h3-6,8H,7H2,1-2H3;1-5H;/q2*-1;+2. The fourth-order valence-electron chi connectivity index (χ4n) is 1.34. The zero-order valence-electron chi connectivity index (χ0n) is 9.33. The maximum absolute atomic E-state index is 2.24.